The van der Waals surface area contributed by atoms with Crippen LogP contribution in [0.3, 0.4) is 0 Å². The fourth-order valence-electron chi connectivity index (χ4n) is 3.83. The van der Waals surface area contributed by atoms with Crippen molar-refractivity contribution in [1.29, 1.82) is 0 Å². The standard InChI is InChI=1S/C26H36N2O6/c1-20-18-22(29)19-24(30)25(20)26(31)27-16-10-8-6-4-2-3-5-7-9-11-17-34-23-14-12-21(13-15-23)28(32)33/h12-15,18-19,29-30H,2-11,16-17H2,1H3,(H,27,31). The number of nitrogens with one attached hydrogen (secondary N) is 1. The monoisotopic (exact) mass is 472 g/mol. The van der Waals surface area contributed by atoms with E-state index in [0.29, 0.717) is 24.5 Å². The summed E-state index contributed by atoms with van der Waals surface area (Å²) in [6, 6.07) is 8.81. The van der Waals surface area contributed by atoms with E-state index in [1.54, 1.807) is 19.1 Å². The number of amides is 1. The summed E-state index contributed by atoms with van der Waals surface area (Å²) in [5.41, 5.74) is 0.837. The van der Waals surface area contributed by atoms with Gasteiger partial charge < -0.3 is 20.3 Å². The number of nitrogens with zero attached hydrogens (tertiary/aromatic N) is 1. The Bertz CT molecular complexity index is 891. The number of aryl methyl sites for hydroxylation is 1. The minimum Gasteiger partial charge on any atom is -0.508 e. The van der Waals surface area contributed by atoms with Crippen LogP contribution in [0, 0.1) is 17.0 Å². The first-order valence-electron chi connectivity index (χ1n) is 12.1. The summed E-state index contributed by atoms with van der Waals surface area (Å²) in [6.45, 7) is 2.88. The van der Waals surface area contributed by atoms with E-state index in [9.17, 15) is 25.1 Å². The third kappa shape index (κ3) is 9.68. The second-order valence-electron chi connectivity index (χ2n) is 8.55. The number of hydrogen-bond donors (Lipinski definition) is 3. The van der Waals surface area contributed by atoms with E-state index >= 15 is 0 Å². The van der Waals surface area contributed by atoms with Crippen LogP contribution in [0.25, 0.3) is 0 Å². The molecule has 0 aliphatic carbocycles. The highest BCUT2D eigenvalue weighted by molar-refractivity contribution is 5.98. The molecule has 0 heterocycles. The summed E-state index contributed by atoms with van der Waals surface area (Å²) >= 11 is 0. The van der Waals surface area contributed by atoms with Gasteiger partial charge in [-0.2, -0.15) is 0 Å². The quantitative estimate of drug-likeness (QED) is 0.156. The van der Waals surface area contributed by atoms with Gasteiger partial charge in [-0.1, -0.05) is 51.4 Å². The predicted molar refractivity (Wildman–Crippen MR) is 132 cm³/mol. The molecule has 0 saturated carbocycles. The third-order valence-electron chi connectivity index (χ3n) is 5.70. The second kappa shape index (κ2) is 14.8. The van der Waals surface area contributed by atoms with Crippen LogP contribution in [0.1, 0.15) is 80.1 Å². The average Bonchev–Trinajstić information content (AvgIpc) is 2.79. The lowest BCUT2D eigenvalue weighted by molar-refractivity contribution is -0.384. The van der Waals surface area contributed by atoms with Crippen LogP contribution in [0.5, 0.6) is 17.2 Å². The highest BCUT2D eigenvalue weighted by Crippen LogP contribution is 2.26. The molecule has 0 unspecified atom stereocenters. The zero-order chi connectivity index (χ0) is 24.8. The van der Waals surface area contributed by atoms with Gasteiger partial charge >= 0.3 is 0 Å². The van der Waals surface area contributed by atoms with Crippen LogP contribution in [0.4, 0.5) is 5.69 Å². The number of unbranched alkanes of at least 4 members (excludes halogenated alkanes) is 9. The third-order valence-corrected chi connectivity index (χ3v) is 5.70. The van der Waals surface area contributed by atoms with Crippen LogP contribution < -0.4 is 10.1 Å². The van der Waals surface area contributed by atoms with Crippen LogP contribution in [0.2, 0.25) is 0 Å². The molecule has 0 bridgehead atoms. The van der Waals surface area contributed by atoms with Gasteiger partial charge in [0, 0.05) is 24.7 Å². The lowest BCUT2D eigenvalue weighted by Crippen LogP contribution is -2.25. The minimum absolute atomic E-state index is 0.0553. The molecule has 0 atom stereocenters. The number of carbonyl (C=O) groups is 1. The van der Waals surface area contributed by atoms with Crippen LogP contribution in [-0.2, 0) is 0 Å². The number of rotatable bonds is 16. The van der Waals surface area contributed by atoms with E-state index < -0.39 is 4.92 Å². The number of ether oxygens (including phenoxy) is 1. The number of phenols is 2. The molecule has 2 aromatic rings. The lowest BCUT2D eigenvalue weighted by Gasteiger charge is -2.10. The zero-order valence-corrected chi connectivity index (χ0v) is 19.9. The van der Waals surface area contributed by atoms with Crippen molar-refractivity contribution in [1.82, 2.24) is 5.32 Å². The largest absolute Gasteiger partial charge is 0.508 e. The molecule has 8 nitrogen and oxygen atoms in total. The maximum atomic E-state index is 12.2. The summed E-state index contributed by atoms with van der Waals surface area (Å²) in [7, 11) is 0. The molecular weight excluding hydrogens is 436 g/mol. The fraction of sp³-hybridized carbons (Fsp3) is 0.500. The number of nitro groups is 1. The van der Waals surface area contributed by atoms with Gasteiger partial charge in [0.05, 0.1) is 17.1 Å². The maximum Gasteiger partial charge on any atom is 0.269 e. The number of carbonyl (C=O) groups excluding carboxylic acids is 1. The van der Waals surface area contributed by atoms with Crippen molar-refractivity contribution in [2.24, 2.45) is 0 Å². The van der Waals surface area contributed by atoms with Crippen molar-refractivity contribution in [3.05, 3.63) is 57.6 Å². The van der Waals surface area contributed by atoms with Crippen LogP contribution >= 0.6 is 0 Å². The van der Waals surface area contributed by atoms with Gasteiger partial charge in [0.15, 0.2) is 0 Å². The molecule has 2 aromatic carbocycles. The fourth-order valence-corrected chi connectivity index (χ4v) is 3.83. The molecule has 34 heavy (non-hydrogen) atoms. The summed E-state index contributed by atoms with van der Waals surface area (Å²) in [6.07, 6.45) is 11.2. The van der Waals surface area contributed by atoms with Gasteiger partial charge in [0.2, 0.25) is 0 Å². The summed E-state index contributed by atoms with van der Waals surface area (Å²) in [5, 5.41) is 32.8. The van der Waals surface area contributed by atoms with Crippen molar-refractivity contribution in [3.63, 3.8) is 0 Å². The average molecular weight is 473 g/mol. The van der Waals surface area contributed by atoms with E-state index in [4.69, 9.17) is 4.74 Å². The smallest absolute Gasteiger partial charge is 0.269 e. The van der Waals surface area contributed by atoms with Crippen LogP contribution in [0.15, 0.2) is 36.4 Å². The van der Waals surface area contributed by atoms with Gasteiger partial charge in [-0.25, -0.2) is 0 Å². The minimum atomic E-state index is -0.418. The Morgan fingerprint density at radius 2 is 1.47 bits per heavy atom. The number of nitro benzene ring substituents is 1. The summed E-state index contributed by atoms with van der Waals surface area (Å²) < 4.78 is 5.62. The first-order valence-corrected chi connectivity index (χ1v) is 12.1. The molecular formula is C26H36N2O6. The molecule has 0 aromatic heterocycles. The topological polar surface area (TPSA) is 122 Å². The van der Waals surface area contributed by atoms with Crippen molar-refractivity contribution in [2.45, 2.75) is 71.1 Å². The first-order chi connectivity index (χ1) is 16.4. The normalized spacial score (nSPS) is 10.7. The zero-order valence-electron chi connectivity index (χ0n) is 19.9. The van der Waals surface area contributed by atoms with Crippen molar-refractivity contribution >= 4 is 11.6 Å². The second-order valence-corrected chi connectivity index (χ2v) is 8.55. The summed E-state index contributed by atoms with van der Waals surface area (Å²) in [4.78, 5) is 22.4. The van der Waals surface area contributed by atoms with Gasteiger partial charge in [-0.3, -0.25) is 14.9 Å². The molecule has 3 N–H and O–H groups in total. The van der Waals surface area contributed by atoms with Gasteiger partial charge in [0.25, 0.3) is 11.6 Å². The van der Waals surface area contributed by atoms with Crippen molar-refractivity contribution in [3.8, 4) is 17.2 Å². The van der Waals surface area contributed by atoms with Crippen LogP contribution in [-0.4, -0.2) is 34.2 Å². The van der Waals surface area contributed by atoms with E-state index in [1.807, 2.05) is 0 Å². The summed E-state index contributed by atoms with van der Waals surface area (Å²) in [5.74, 6) is 0.0965. The molecule has 0 fully saturated rings. The molecule has 1 amide bonds. The Kier molecular flexibility index (Phi) is 11.7. The van der Waals surface area contributed by atoms with E-state index in [0.717, 1.165) is 32.1 Å². The predicted octanol–water partition coefficient (Wildman–Crippen LogP) is 6.02. The molecule has 0 aliphatic rings. The Balaban J connectivity index is 1.40. The maximum absolute atomic E-state index is 12.2. The van der Waals surface area contributed by atoms with Gasteiger partial charge in [-0.15, -0.1) is 0 Å². The van der Waals surface area contributed by atoms with Crippen molar-refractivity contribution in [2.75, 3.05) is 13.2 Å². The Hall–Kier alpha value is -3.29. The molecule has 0 radical (unpaired) electrons. The Labute approximate surface area is 201 Å². The molecule has 0 aliphatic heterocycles. The first kappa shape index (κ1) is 27.0. The highest BCUT2D eigenvalue weighted by Gasteiger charge is 2.14. The number of phenolic OH excluding ortho intramolecular Hbond substituents is 2. The van der Waals surface area contributed by atoms with E-state index in [2.05, 4.69) is 5.32 Å². The molecule has 0 spiro atoms. The van der Waals surface area contributed by atoms with Gasteiger partial charge in [-0.05, 0) is 43.5 Å². The number of non-ortho nitro benzene ring substituents is 1. The highest BCUT2D eigenvalue weighted by atomic mass is 16.6. The SMILES string of the molecule is Cc1cc(O)cc(O)c1C(=O)NCCCCCCCCCCCCOc1ccc([N+](=O)[O-])cc1. The van der Waals surface area contributed by atoms with E-state index in [-0.39, 0.29) is 28.7 Å². The number of benzene rings is 2. The molecule has 0 saturated heterocycles. The Morgan fingerprint density at radius 1 is 0.912 bits per heavy atom. The van der Waals surface area contributed by atoms with Gasteiger partial charge in [0.1, 0.15) is 17.2 Å². The lowest BCUT2D eigenvalue weighted by atomic mass is 10.1. The molecule has 2 rings (SSSR count). The van der Waals surface area contributed by atoms with Crippen molar-refractivity contribution < 1.29 is 24.7 Å². The molecule has 8 heteroatoms. The Morgan fingerprint density at radius 3 is 2.03 bits per heavy atom. The van der Waals surface area contributed by atoms with E-state index in [1.165, 1.54) is 56.4 Å². The molecule has 186 valence electrons. The number of hydrogen-bond acceptors (Lipinski definition) is 6. The number of aromatic hydroxyl groups is 2.